The van der Waals surface area contributed by atoms with Gasteiger partial charge in [0.2, 0.25) is 0 Å². The first-order valence-electron chi connectivity index (χ1n) is 9.38. The van der Waals surface area contributed by atoms with E-state index in [4.69, 9.17) is 4.74 Å². The molecular formula is C22H23N3O2. The van der Waals surface area contributed by atoms with Crippen LogP contribution >= 0.6 is 0 Å². The quantitative estimate of drug-likeness (QED) is 0.708. The number of nitrogens with zero attached hydrogens (tertiary/aromatic N) is 3. The molecule has 1 aliphatic heterocycles. The molecule has 0 bridgehead atoms. The molecule has 2 aromatic carbocycles. The summed E-state index contributed by atoms with van der Waals surface area (Å²) in [6.45, 7) is 4.21. The number of ether oxygens (including phenoxy) is 1. The molecule has 0 N–H and O–H groups in total. The van der Waals surface area contributed by atoms with Gasteiger partial charge in [0.1, 0.15) is 5.75 Å². The van der Waals surface area contributed by atoms with Crippen molar-refractivity contribution in [1.82, 2.24) is 14.9 Å². The molecule has 138 valence electrons. The average molecular weight is 361 g/mol. The van der Waals surface area contributed by atoms with E-state index in [9.17, 15) is 4.79 Å². The van der Waals surface area contributed by atoms with Gasteiger partial charge < -0.3 is 9.64 Å². The van der Waals surface area contributed by atoms with Crippen LogP contribution in [-0.4, -0.2) is 40.5 Å². The third kappa shape index (κ3) is 4.08. The van der Waals surface area contributed by atoms with Crippen LogP contribution in [0.1, 0.15) is 28.8 Å². The van der Waals surface area contributed by atoms with Gasteiger partial charge in [-0.2, -0.15) is 0 Å². The number of likely N-dealkylation sites (tertiary alicyclic amines) is 1. The predicted molar refractivity (Wildman–Crippen MR) is 105 cm³/mol. The van der Waals surface area contributed by atoms with Crippen molar-refractivity contribution in [2.75, 3.05) is 19.7 Å². The molecule has 27 heavy (non-hydrogen) atoms. The van der Waals surface area contributed by atoms with Crippen LogP contribution in [0.4, 0.5) is 0 Å². The normalized spacial score (nSPS) is 17.1. The van der Waals surface area contributed by atoms with Gasteiger partial charge in [0.15, 0.2) is 0 Å². The second kappa shape index (κ2) is 7.74. The van der Waals surface area contributed by atoms with Crippen LogP contribution in [0.15, 0.2) is 54.9 Å². The van der Waals surface area contributed by atoms with E-state index >= 15 is 0 Å². The van der Waals surface area contributed by atoms with Gasteiger partial charge in [-0.15, -0.1) is 0 Å². The highest BCUT2D eigenvalue weighted by Crippen LogP contribution is 2.21. The summed E-state index contributed by atoms with van der Waals surface area (Å²) in [7, 11) is 0. The number of amides is 1. The van der Waals surface area contributed by atoms with E-state index in [0.29, 0.717) is 18.1 Å². The first-order valence-corrected chi connectivity index (χ1v) is 9.38. The summed E-state index contributed by atoms with van der Waals surface area (Å²) in [5.41, 5.74) is 3.44. The molecule has 1 unspecified atom stereocenters. The van der Waals surface area contributed by atoms with Gasteiger partial charge in [-0.3, -0.25) is 14.8 Å². The highest BCUT2D eigenvalue weighted by molar-refractivity contribution is 5.97. The Kier molecular flexibility index (Phi) is 5.01. The summed E-state index contributed by atoms with van der Waals surface area (Å²) in [6.07, 6.45) is 5.39. The minimum atomic E-state index is 0.0580. The van der Waals surface area contributed by atoms with Crippen molar-refractivity contribution in [2.24, 2.45) is 5.92 Å². The molecule has 1 amide bonds. The van der Waals surface area contributed by atoms with Gasteiger partial charge >= 0.3 is 0 Å². The van der Waals surface area contributed by atoms with E-state index in [1.807, 2.05) is 35.2 Å². The van der Waals surface area contributed by atoms with Crippen molar-refractivity contribution in [3.63, 3.8) is 0 Å². The molecule has 5 nitrogen and oxygen atoms in total. The fraction of sp³-hybridized carbons (Fsp3) is 0.318. The zero-order chi connectivity index (χ0) is 18.6. The highest BCUT2D eigenvalue weighted by atomic mass is 16.5. The Bertz CT molecular complexity index is 940. The summed E-state index contributed by atoms with van der Waals surface area (Å²) >= 11 is 0. The van der Waals surface area contributed by atoms with Crippen molar-refractivity contribution >= 4 is 16.9 Å². The average Bonchev–Trinajstić information content (AvgIpc) is 2.72. The number of carbonyl (C=O) groups is 1. The second-order valence-electron chi connectivity index (χ2n) is 7.14. The Hall–Kier alpha value is -2.95. The Balaban J connectivity index is 1.40. The lowest BCUT2D eigenvalue weighted by Gasteiger charge is -2.32. The smallest absolute Gasteiger partial charge is 0.253 e. The van der Waals surface area contributed by atoms with Crippen molar-refractivity contribution in [2.45, 2.75) is 19.8 Å². The summed E-state index contributed by atoms with van der Waals surface area (Å²) in [6, 6.07) is 13.6. The molecule has 0 radical (unpaired) electrons. The number of aromatic nitrogens is 2. The van der Waals surface area contributed by atoms with Gasteiger partial charge in [-0.25, -0.2) is 0 Å². The molecule has 1 fully saturated rings. The summed E-state index contributed by atoms with van der Waals surface area (Å²) < 4.78 is 5.94. The number of rotatable bonds is 4. The number of hydrogen-bond donors (Lipinski definition) is 0. The lowest BCUT2D eigenvalue weighted by Crippen LogP contribution is -2.41. The lowest BCUT2D eigenvalue weighted by atomic mass is 9.98. The number of fused-ring (bicyclic) bond motifs is 1. The molecule has 3 aromatic rings. The molecule has 1 aliphatic rings. The zero-order valence-corrected chi connectivity index (χ0v) is 15.5. The van der Waals surface area contributed by atoms with Crippen molar-refractivity contribution in [3.05, 3.63) is 66.0 Å². The van der Waals surface area contributed by atoms with E-state index in [2.05, 4.69) is 29.0 Å². The molecule has 2 heterocycles. The Labute approximate surface area is 159 Å². The van der Waals surface area contributed by atoms with E-state index in [0.717, 1.165) is 42.7 Å². The summed E-state index contributed by atoms with van der Waals surface area (Å²) in [4.78, 5) is 23.4. The van der Waals surface area contributed by atoms with E-state index in [1.165, 1.54) is 5.56 Å². The number of benzene rings is 2. The first kappa shape index (κ1) is 17.5. The first-order chi connectivity index (χ1) is 13.2. The van der Waals surface area contributed by atoms with Gasteiger partial charge in [-0.1, -0.05) is 17.7 Å². The van der Waals surface area contributed by atoms with E-state index < -0.39 is 0 Å². The van der Waals surface area contributed by atoms with Gasteiger partial charge in [0.05, 0.1) is 17.6 Å². The van der Waals surface area contributed by atoms with E-state index in [-0.39, 0.29) is 5.91 Å². The zero-order valence-electron chi connectivity index (χ0n) is 15.5. The van der Waals surface area contributed by atoms with Crippen molar-refractivity contribution < 1.29 is 9.53 Å². The van der Waals surface area contributed by atoms with Crippen LogP contribution < -0.4 is 4.74 Å². The maximum atomic E-state index is 12.9. The van der Waals surface area contributed by atoms with Crippen LogP contribution in [0.2, 0.25) is 0 Å². The largest absolute Gasteiger partial charge is 0.493 e. The topological polar surface area (TPSA) is 55.3 Å². The lowest BCUT2D eigenvalue weighted by molar-refractivity contribution is 0.0633. The number of piperidine rings is 1. The summed E-state index contributed by atoms with van der Waals surface area (Å²) in [5, 5.41) is 0. The van der Waals surface area contributed by atoms with Gasteiger partial charge in [0.25, 0.3) is 5.91 Å². The third-order valence-electron chi connectivity index (χ3n) is 5.03. The third-order valence-corrected chi connectivity index (χ3v) is 5.03. The minimum Gasteiger partial charge on any atom is -0.493 e. The maximum Gasteiger partial charge on any atom is 0.253 e. The van der Waals surface area contributed by atoms with Crippen LogP contribution in [0, 0.1) is 12.8 Å². The minimum absolute atomic E-state index is 0.0580. The van der Waals surface area contributed by atoms with Crippen LogP contribution in [0.25, 0.3) is 11.0 Å². The fourth-order valence-corrected chi connectivity index (χ4v) is 3.51. The van der Waals surface area contributed by atoms with Gasteiger partial charge in [-0.05, 0) is 50.1 Å². The van der Waals surface area contributed by atoms with Crippen LogP contribution in [0.5, 0.6) is 5.75 Å². The fourth-order valence-electron chi connectivity index (χ4n) is 3.51. The molecule has 5 heteroatoms. The molecule has 0 aliphatic carbocycles. The predicted octanol–water partition coefficient (Wildman–Crippen LogP) is 3.87. The van der Waals surface area contributed by atoms with E-state index in [1.54, 1.807) is 12.4 Å². The molecule has 4 rings (SSSR count). The standard InChI is InChI=1S/C22H23N3O2/c1-16-4-7-19(8-5-16)27-15-17-3-2-12-25(14-17)22(26)18-6-9-20-21(13-18)24-11-10-23-20/h4-11,13,17H,2-3,12,14-15H2,1H3. The van der Waals surface area contributed by atoms with Crippen molar-refractivity contribution in [3.8, 4) is 5.75 Å². The maximum absolute atomic E-state index is 12.9. The number of hydrogen-bond acceptors (Lipinski definition) is 4. The van der Waals surface area contributed by atoms with Crippen LogP contribution in [0.3, 0.4) is 0 Å². The second-order valence-corrected chi connectivity index (χ2v) is 7.14. The van der Waals surface area contributed by atoms with Crippen molar-refractivity contribution in [1.29, 1.82) is 0 Å². The SMILES string of the molecule is Cc1ccc(OCC2CCCN(C(=O)c3ccc4nccnc4c3)C2)cc1. The monoisotopic (exact) mass is 361 g/mol. The Morgan fingerprint density at radius 1 is 1.11 bits per heavy atom. The molecule has 1 saturated heterocycles. The number of aryl methyl sites for hydroxylation is 1. The highest BCUT2D eigenvalue weighted by Gasteiger charge is 2.25. The van der Waals surface area contributed by atoms with Crippen LogP contribution in [-0.2, 0) is 0 Å². The summed E-state index contributed by atoms with van der Waals surface area (Å²) in [5.74, 6) is 1.30. The number of carbonyl (C=O) groups excluding carboxylic acids is 1. The van der Waals surface area contributed by atoms with Gasteiger partial charge in [0, 0.05) is 37.0 Å². The molecule has 1 aromatic heterocycles. The Morgan fingerprint density at radius 2 is 1.89 bits per heavy atom. The Morgan fingerprint density at radius 3 is 2.70 bits per heavy atom. The molecule has 0 spiro atoms. The molecule has 1 atom stereocenters. The molecule has 0 saturated carbocycles. The molecular weight excluding hydrogens is 338 g/mol.